The van der Waals surface area contributed by atoms with Crippen LogP contribution >= 0.6 is 0 Å². The molecular weight excluding hydrogens is 424 g/mol. The lowest BCUT2D eigenvalue weighted by molar-refractivity contribution is 0.243. The molecular formula is C24H24N4O3S. The van der Waals surface area contributed by atoms with Crippen LogP contribution in [0, 0.1) is 0 Å². The number of rotatable bonds is 4. The van der Waals surface area contributed by atoms with Gasteiger partial charge in [-0.05, 0) is 55.8 Å². The Morgan fingerprint density at radius 2 is 1.94 bits per heavy atom. The highest BCUT2D eigenvalue weighted by molar-refractivity contribution is 7.91. The van der Waals surface area contributed by atoms with E-state index in [1.165, 1.54) is 0 Å². The molecule has 7 nitrogen and oxygen atoms in total. The maximum Gasteiger partial charge on any atom is 0.180 e. The summed E-state index contributed by atoms with van der Waals surface area (Å²) >= 11 is 0. The summed E-state index contributed by atoms with van der Waals surface area (Å²) in [6.07, 6.45) is 1.82. The second-order valence-electron chi connectivity index (χ2n) is 8.20. The van der Waals surface area contributed by atoms with Crippen molar-refractivity contribution in [3.05, 3.63) is 66.4 Å². The third kappa shape index (κ3) is 3.82. The zero-order chi connectivity index (χ0) is 22.3. The summed E-state index contributed by atoms with van der Waals surface area (Å²) < 4.78 is 31.3. The van der Waals surface area contributed by atoms with Gasteiger partial charge in [0.1, 0.15) is 17.3 Å². The Labute approximate surface area is 187 Å². The van der Waals surface area contributed by atoms with Crippen molar-refractivity contribution in [2.24, 2.45) is 0 Å². The first kappa shape index (κ1) is 20.5. The predicted molar refractivity (Wildman–Crippen MR) is 125 cm³/mol. The minimum Gasteiger partial charge on any atom is -0.491 e. The maximum atomic E-state index is 12.7. The third-order valence-electron chi connectivity index (χ3n) is 5.55. The highest BCUT2D eigenvalue weighted by atomic mass is 32.2. The van der Waals surface area contributed by atoms with Gasteiger partial charge >= 0.3 is 0 Å². The monoisotopic (exact) mass is 448 g/mol. The first-order valence-electron chi connectivity index (χ1n) is 10.6. The Morgan fingerprint density at radius 3 is 2.78 bits per heavy atom. The zero-order valence-electron chi connectivity index (χ0n) is 17.9. The maximum absolute atomic E-state index is 12.7. The molecule has 0 radical (unpaired) electrons. The van der Waals surface area contributed by atoms with E-state index in [9.17, 15) is 8.42 Å². The number of aromatic nitrogens is 3. The lowest BCUT2D eigenvalue weighted by atomic mass is 10.1. The number of nitrogens with zero attached hydrogens (tertiary/aromatic N) is 3. The molecule has 4 aromatic rings. The molecule has 32 heavy (non-hydrogen) atoms. The number of H-pyrrole nitrogens is 1. The summed E-state index contributed by atoms with van der Waals surface area (Å²) in [6.45, 7) is 4.85. The number of aromatic amines is 1. The van der Waals surface area contributed by atoms with Crippen LogP contribution in [-0.2, 0) is 16.4 Å². The number of hydrogen-bond acceptors (Lipinski definition) is 6. The lowest BCUT2D eigenvalue weighted by Crippen LogP contribution is -2.26. The van der Waals surface area contributed by atoms with Gasteiger partial charge in [-0.25, -0.2) is 13.4 Å². The number of fused-ring (bicyclic) bond motifs is 2. The zero-order valence-corrected chi connectivity index (χ0v) is 18.8. The van der Waals surface area contributed by atoms with E-state index in [0.717, 1.165) is 39.3 Å². The van der Waals surface area contributed by atoms with Gasteiger partial charge in [0, 0.05) is 30.2 Å². The molecule has 1 N–H and O–H groups in total. The Hall–Kier alpha value is -3.39. The first-order valence-corrected chi connectivity index (χ1v) is 12.2. The fourth-order valence-corrected chi connectivity index (χ4v) is 5.55. The van der Waals surface area contributed by atoms with Gasteiger partial charge in [-0.1, -0.05) is 18.2 Å². The van der Waals surface area contributed by atoms with E-state index in [0.29, 0.717) is 18.0 Å². The second-order valence-corrected chi connectivity index (χ2v) is 10.3. The molecule has 5 rings (SSSR count). The molecule has 0 amide bonds. The summed E-state index contributed by atoms with van der Waals surface area (Å²) in [5, 5.41) is 8.57. The second kappa shape index (κ2) is 7.94. The van der Waals surface area contributed by atoms with Crippen molar-refractivity contribution in [2.45, 2.75) is 31.4 Å². The van der Waals surface area contributed by atoms with Crippen molar-refractivity contribution in [1.82, 2.24) is 15.2 Å². The number of sulfone groups is 1. The van der Waals surface area contributed by atoms with Crippen molar-refractivity contribution in [3.8, 4) is 17.0 Å². The third-order valence-corrected chi connectivity index (χ3v) is 7.34. The molecule has 0 unspecified atom stereocenters. The highest BCUT2D eigenvalue weighted by Gasteiger charge is 2.26. The molecule has 0 fully saturated rings. The molecule has 1 aliphatic heterocycles. The van der Waals surface area contributed by atoms with Crippen LogP contribution in [0.1, 0.15) is 19.4 Å². The van der Waals surface area contributed by atoms with E-state index in [4.69, 9.17) is 4.74 Å². The van der Waals surface area contributed by atoms with Gasteiger partial charge in [0.05, 0.1) is 22.3 Å². The first-order chi connectivity index (χ1) is 15.4. The average Bonchev–Trinajstić information content (AvgIpc) is 3.14. The SMILES string of the molecule is CC(C)Oc1ccc2[nH]nc(-c3ccnc(N4CCS(=O)(=O)c5ccccc5C4)c3)c2c1. The van der Waals surface area contributed by atoms with Gasteiger partial charge in [-0.2, -0.15) is 5.10 Å². The highest BCUT2D eigenvalue weighted by Crippen LogP contribution is 2.32. The standard InChI is InChI=1S/C24H24N4O3S/c1-16(2)31-19-7-8-21-20(14-19)24(27-26-21)17-9-10-25-23(13-17)28-11-12-32(29,30)22-6-4-3-5-18(22)15-28/h3-10,13-14,16H,11-12,15H2,1-2H3,(H,26,27). The van der Waals surface area contributed by atoms with E-state index in [-0.39, 0.29) is 11.9 Å². The molecule has 1 aliphatic rings. The van der Waals surface area contributed by atoms with E-state index >= 15 is 0 Å². The van der Waals surface area contributed by atoms with Gasteiger partial charge in [-0.15, -0.1) is 0 Å². The molecule has 0 aliphatic carbocycles. The van der Waals surface area contributed by atoms with E-state index < -0.39 is 9.84 Å². The summed E-state index contributed by atoms with van der Waals surface area (Å²) in [5.41, 5.74) is 3.42. The van der Waals surface area contributed by atoms with Crippen molar-refractivity contribution in [1.29, 1.82) is 0 Å². The van der Waals surface area contributed by atoms with Gasteiger partial charge < -0.3 is 9.64 Å². The minimum atomic E-state index is -3.32. The van der Waals surface area contributed by atoms with Crippen LogP contribution in [0.3, 0.4) is 0 Å². The minimum absolute atomic E-state index is 0.0527. The Balaban J connectivity index is 1.52. The quantitative estimate of drug-likeness (QED) is 0.503. The number of benzene rings is 2. The molecule has 164 valence electrons. The fraction of sp³-hybridized carbons (Fsp3) is 0.250. The van der Waals surface area contributed by atoms with Crippen LogP contribution in [-0.4, -0.2) is 42.0 Å². The van der Waals surface area contributed by atoms with Gasteiger partial charge in [0.25, 0.3) is 0 Å². The van der Waals surface area contributed by atoms with Crippen LogP contribution in [0.4, 0.5) is 5.82 Å². The van der Waals surface area contributed by atoms with Crippen molar-refractivity contribution < 1.29 is 13.2 Å². The topological polar surface area (TPSA) is 88.2 Å². The van der Waals surface area contributed by atoms with Gasteiger partial charge in [-0.3, -0.25) is 5.10 Å². The number of ether oxygens (including phenoxy) is 1. The van der Waals surface area contributed by atoms with Gasteiger partial charge in [0.2, 0.25) is 0 Å². The smallest absolute Gasteiger partial charge is 0.180 e. The van der Waals surface area contributed by atoms with Crippen LogP contribution in [0.2, 0.25) is 0 Å². The molecule has 2 aromatic carbocycles. The van der Waals surface area contributed by atoms with Crippen molar-refractivity contribution in [3.63, 3.8) is 0 Å². The van der Waals surface area contributed by atoms with Gasteiger partial charge in [0.15, 0.2) is 9.84 Å². The van der Waals surface area contributed by atoms with Crippen molar-refractivity contribution >= 4 is 26.6 Å². The molecule has 0 saturated heterocycles. The number of nitrogens with one attached hydrogen (secondary N) is 1. The lowest BCUT2D eigenvalue weighted by Gasteiger charge is -2.21. The Bertz CT molecular complexity index is 1400. The summed E-state index contributed by atoms with van der Waals surface area (Å²) in [6, 6.07) is 16.9. The van der Waals surface area contributed by atoms with E-state index in [2.05, 4.69) is 15.2 Å². The Kier molecular flexibility index (Phi) is 5.09. The van der Waals surface area contributed by atoms with Crippen LogP contribution in [0.5, 0.6) is 5.75 Å². The molecule has 8 heteroatoms. The molecule has 2 aromatic heterocycles. The van der Waals surface area contributed by atoms with Crippen molar-refractivity contribution in [2.75, 3.05) is 17.2 Å². The van der Waals surface area contributed by atoms with E-state index in [1.54, 1.807) is 18.3 Å². The Morgan fingerprint density at radius 1 is 1.09 bits per heavy atom. The summed E-state index contributed by atoms with van der Waals surface area (Å²) in [5.74, 6) is 1.57. The normalized spacial score (nSPS) is 15.5. The molecule has 0 bridgehead atoms. The summed E-state index contributed by atoms with van der Waals surface area (Å²) in [4.78, 5) is 6.96. The predicted octanol–water partition coefficient (Wildman–Crippen LogP) is 4.21. The number of pyridine rings is 1. The molecule has 3 heterocycles. The fourth-order valence-electron chi connectivity index (χ4n) is 4.06. The number of anilines is 1. The molecule has 0 atom stereocenters. The van der Waals surface area contributed by atoms with E-state index in [1.807, 2.05) is 61.2 Å². The number of hydrogen-bond donors (Lipinski definition) is 1. The molecule has 0 spiro atoms. The van der Waals surface area contributed by atoms with Crippen LogP contribution in [0.15, 0.2) is 65.7 Å². The largest absolute Gasteiger partial charge is 0.491 e. The average molecular weight is 449 g/mol. The molecule has 0 saturated carbocycles. The van der Waals surface area contributed by atoms with Crippen LogP contribution < -0.4 is 9.64 Å². The summed E-state index contributed by atoms with van der Waals surface area (Å²) in [7, 11) is -3.32. The van der Waals surface area contributed by atoms with Crippen LogP contribution in [0.25, 0.3) is 22.2 Å².